The number of anilines is 1. The van der Waals surface area contributed by atoms with Crippen LogP contribution in [0.4, 0.5) is 5.69 Å². The molecule has 4 aromatic rings. The van der Waals surface area contributed by atoms with Gasteiger partial charge in [-0.25, -0.2) is 0 Å². The molecule has 0 radical (unpaired) electrons. The molecule has 124 valence electrons. The van der Waals surface area contributed by atoms with Crippen molar-refractivity contribution in [2.45, 2.75) is 19.9 Å². The number of nitrogens with one attached hydrogen (secondary N) is 1. The van der Waals surface area contributed by atoms with Crippen molar-refractivity contribution < 1.29 is 4.79 Å². The van der Waals surface area contributed by atoms with E-state index < -0.39 is 0 Å². The van der Waals surface area contributed by atoms with Crippen LogP contribution in [-0.4, -0.2) is 15.7 Å². The molecule has 4 rings (SSSR count). The van der Waals surface area contributed by atoms with E-state index in [1.165, 1.54) is 5.39 Å². The van der Waals surface area contributed by atoms with Crippen LogP contribution in [0.2, 0.25) is 0 Å². The Balaban J connectivity index is 1.50. The first kappa shape index (κ1) is 15.4. The summed E-state index contributed by atoms with van der Waals surface area (Å²) in [4.78, 5) is 12.4. The predicted molar refractivity (Wildman–Crippen MR) is 102 cm³/mol. The Hall–Kier alpha value is -3.14. The molecule has 3 aromatic carbocycles. The summed E-state index contributed by atoms with van der Waals surface area (Å²) in [5.74, 6) is -0.0236. The Bertz CT molecular complexity index is 1070. The van der Waals surface area contributed by atoms with Crippen LogP contribution < -0.4 is 5.32 Å². The highest BCUT2D eigenvalue weighted by molar-refractivity contribution is 5.95. The SMILES string of the molecule is CCn1cc2ccc(NC(=O)Cc3ccc4ccccc4c3)cc2n1. The van der Waals surface area contributed by atoms with Crippen molar-refractivity contribution in [1.29, 1.82) is 0 Å². The number of aromatic nitrogens is 2. The van der Waals surface area contributed by atoms with Gasteiger partial charge in [-0.05, 0) is 41.5 Å². The molecule has 1 N–H and O–H groups in total. The average Bonchev–Trinajstić information content (AvgIpc) is 3.04. The van der Waals surface area contributed by atoms with Gasteiger partial charge >= 0.3 is 0 Å². The Morgan fingerprint density at radius 3 is 2.64 bits per heavy atom. The molecule has 4 nitrogen and oxygen atoms in total. The second-order valence-electron chi connectivity index (χ2n) is 6.16. The van der Waals surface area contributed by atoms with Gasteiger partial charge in [-0.2, -0.15) is 5.10 Å². The monoisotopic (exact) mass is 329 g/mol. The number of rotatable bonds is 4. The number of carbonyl (C=O) groups excluding carboxylic acids is 1. The number of fused-ring (bicyclic) bond motifs is 2. The minimum atomic E-state index is -0.0236. The second kappa shape index (κ2) is 6.40. The van der Waals surface area contributed by atoms with E-state index in [0.717, 1.165) is 34.1 Å². The molecule has 1 amide bonds. The Morgan fingerprint density at radius 2 is 1.80 bits per heavy atom. The van der Waals surface area contributed by atoms with E-state index in [1.807, 2.05) is 47.3 Å². The molecule has 0 saturated heterocycles. The highest BCUT2D eigenvalue weighted by Crippen LogP contribution is 2.19. The van der Waals surface area contributed by atoms with Crippen LogP contribution >= 0.6 is 0 Å². The molecule has 0 aliphatic carbocycles. The van der Waals surface area contributed by atoms with E-state index in [4.69, 9.17) is 0 Å². The summed E-state index contributed by atoms with van der Waals surface area (Å²) >= 11 is 0. The van der Waals surface area contributed by atoms with Crippen LogP contribution in [0.25, 0.3) is 21.7 Å². The standard InChI is InChI=1S/C21H19N3O/c1-2-24-14-18-9-10-19(13-20(18)23-24)22-21(25)12-15-7-8-16-5-3-4-6-17(16)11-15/h3-11,13-14H,2,12H2,1H3,(H,22,25). The Morgan fingerprint density at radius 1 is 1.00 bits per heavy atom. The molecular weight excluding hydrogens is 310 g/mol. The molecule has 0 saturated carbocycles. The van der Waals surface area contributed by atoms with Crippen LogP contribution in [0.5, 0.6) is 0 Å². The van der Waals surface area contributed by atoms with Gasteiger partial charge < -0.3 is 5.32 Å². The zero-order valence-electron chi connectivity index (χ0n) is 14.1. The summed E-state index contributed by atoms with van der Waals surface area (Å²) < 4.78 is 1.89. The number of aryl methyl sites for hydroxylation is 1. The minimum Gasteiger partial charge on any atom is -0.326 e. The zero-order chi connectivity index (χ0) is 17.2. The topological polar surface area (TPSA) is 46.9 Å². The molecule has 0 fully saturated rings. The first-order valence-electron chi connectivity index (χ1n) is 8.46. The van der Waals surface area contributed by atoms with Gasteiger partial charge in [0.2, 0.25) is 5.91 Å². The van der Waals surface area contributed by atoms with Crippen LogP contribution in [-0.2, 0) is 17.8 Å². The third kappa shape index (κ3) is 3.24. The summed E-state index contributed by atoms with van der Waals surface area (Å²) in [6.45, 7) is 2.89. The second-order valence-corrected chi connectivity index (χ2v) is 6.16. The lowest BCUT2D eigenvalue weighted by Crippen LogP contribution is -2.14. The molecule has 1 heterocycles. The van der Waals surface area contributed by atoms with Crippen molar-refractivity contribution in [3.63, 3.8) is 0 Å². The van der Waals surface area contributed by atoms with Crippen molar-refractivity contribution in [2.75, 3.05) is 5.32 Å². The maximum absolute atomic E-state index is 12.4. The molecule has 0 aliphatic heterocycles. The van der Waals surface area contributed by atoms with Crippen molar-refractivity contribution in [3.05, 3.63) is 72.4 Å². The van der Waals surface area contributed by atoms with E-state index in [0.29, 0.717) is 6.42 Å². The summed E-state index contributed by atoms with van der Waals surface area (Å²) in [5, 5.41) is 10.9. The minimum absolute atomic E-state index is 0.0236. The maximum atomic E-state index is 12.4. The van der Waals surface area contributed by atoms with Crippen LogP contribution in [0.3, 0.4) is 0 Å². The molecule has 0 aliphatic rings. The van der Waals surface area contributed by atoms with Gasteiger partial charge in [0, 0.05) is 23.8 Å². The fourth-order valence-corrected chi connectivity index (χ4v) is 3.05. The van der Waals surface area contributed by atoms with E-state index >= 15 is 0 Å². The lowest BCUT2D eigenvalue weighted by atomic mass is 10.0. The number of hydrogen-bond donors (Lipinski definition) is 1. The highest BCUT2D eigenvalue weighted by atomic mass is 16.1. The van der Waals surface area contributed by atoms with Gasteiger partial charge in [0.1, 0.15) is 0 Å². The Labute approximate surface area is 146 Å². The summed E-state index contributed by atoms with van der Waals surface area (Å²) in [7, 11) is 0. The molecular formula is C21H19N3O. The number of nitrogens with zero attached hydrogens (tertiary/aromatic N) is 2. The number of benzene rings is 3. The van der Waals surface area contributed by atoms with Gasteiger partial charge in [-0.1, -0.05) is 42.5 Å². The Kier molecular flexibility index (Phi) is 3.94. The van der Waals surface area contributed by atoms with Gasteiger partial charge in [-0.3, -0.25) is 9.48 Å². The normalized spacial score (nSPS) is 11.1. The van der Waals surface area contributed by atoms with Crippen molar-refractivity contribution in [2.24, 2.45) is 0 Å². The third-order valence-electron chi connectivity index (χ3n) is 4.34. The van der Waals surface area contributed by atoms with Gasteiger partial charge in [0.05, 0.1) is 11.9 Å². The van der Waals surface area contributed by atoms with Crippen molar-refractivity contribution >= 4 is 33.3 Å². The van der Waals surface area contributed by atoms with Gasteiger partial charge in [0.15, 0.2) is 0 Å². The van der Waals surface area contributed by atoms with E-state index in [9.17, 15) is 4.79 Å². The van der Waals surface area contributed by atoms with E-state index in [1.54, 1.807) is 0 Å². The molecule has 0 bridgehead atoms. The lowest BCUT2D eigenvalue weighted by molar-refractivity contribution is -0.115. The maximum Gasteiger partial charge on any atom is 0.228 e. The van der Waals surface area contributed by atoms with E-state index in [-0.39, 0.29) is 5.91 Å². The fraction of sp³-hybridized carbons (Fsp3) is 0.143. The van der Waals surface area contributed by atoms with E-state index in [2.05, 4.69) is 41.6 Å². The van der Waals surface area contributed by atoms with Crippen LogP contribution in [0.15, 0.2) is 66.9 Å². The number of carbonyl (C=O) groups is 1. The van der Waals surface area contributed by atoms with Gasteiger partial charge in [0.25, 0.3) is 0 Å². The first-order chi connectivity index (χ1) is 12.2. The average molecular weight is 329 g/mol. The first-order valence-corrected chi connectivity index (χ1v) is 8.46. The van der Waals surface area contributed by atoms with Crippen molar-refractivity contribution in [1.82, 2.24) is 9.78 Å². The van der Waals surface area contributed by atoms with Crippen molar-refractivity contribution in [3.8, 4) is 0 Å². The molecule has 0 atom stereocenters. The van der Waals surface area contributed by atoms with Gasteiger partial charge in [-0.15, -0.1) is 0 Å². The third-order valence-corrected chi connectivity index (χ3v) is 4.34. The summed E-state index contributed by atoms with van der Waals surface area (Å²) in [5.41, 5.74) is 2.68. The molecule has 1 aromatic heterocycles. The lowest BCUT2D eigenvalue weighted by Gasteiger charge is -2.06. The highest BCUT2D eigenvalue weighted by Gasteiger charge is 2.07. The summed E-state index contributed by atoms with van der Waals surface area (Å²) in [6.07, 6.45) is 2.36. The molecule has 0 unspecified atom stereocenters. The molecule has 25 heavy (non-hydrogen) atoms. The molecule has 0 spiro atoms. The largest absolute Gasteiger partial charge is 0.326 e. The predicted octanol–water partition coefficient (Wildman–Crippen LogP) is 4.39. The summed E-state index contributed by atoms with van der Waals surface area (Å²) in [6, 6.07) is 20.1. The smallest absolute Gasteiger partial charge is 0.228 e. The zero-order valence-corrected chi connectivity index (χ0v) is 14.1. The molecule has 4 heteroatoms. The number of amides is 1. The quantitative estimate of drug-likeness (QED) is 0.603. The number of hydrogen-bond acceptors (Lipinski definition) is 2. The van der Waals surface area contributed by atoms with Crippen LogP contribution in [0.1, 0.15) is 12.5 Å². The van der Waals surface area contributed by atoms with Crippen LogP contribution in [0, 0.1) is 0 Å². The fourth-order valence-electron chi connectivity index (χ4n) is 3.05.